The molecule has 1 aliphatic heterocycles. The molecule has 0 amide bonds. The number of halogens is 1. The fourth-order valence-corrected chi connectivity index (χ4v) is 2.94. The zero-order valence-electron chi connectivity index (χ0n) is 12.1. The summed E-state index contributed by atoms with van der Waals surface area (Å²) in [7, 11) is 0. The van der Waals surface area contributed by atoms with E-state index in [1.165, 1.54) is 5.56 Å². The molecule has 0 spiro atoms. The van der Waals surface area contributed by atoms with Crippen molar-refractivity contribution in [3.8, 4) is 0 Å². The minimum absolute atomic E-state index is 0.0317. The van der Waals surface area contributed by atoms with Gasteiger partial charge in [0.05, 0.1) is 5.60 Å². The maximum Gasteiger partial charge on any atom is 0.0666 e. The van der Waals surface area contributed by atoms with Gasteiger partial charge in [0.15, 0.2) is 0 Å². The normalized spacial score (nSPS) is 29.2. The first-order valence-corrected chi connectivity index (χ1v) is 7.56. The largest absolute Gasteiger partial charge is 0.375 e. The average molecular weight is 282 g/mol. The highest BCUT2D eigenvalue weighted by atomic mass is 35.5. The number of rotatable bonds is 4. The van der Waals surface area contributed by atoms with Crippen LogP contribution in [-0.4, -0.2) is 18.2 Å². The molecule has 2 rings (SSSR count). The smallest absolute Gasteiger partial charge is 0.0666 e. The van der Waals surface area contributed by atoms with E-state index in [2.05, 4.69) is 32.2 Å². The molecule has 1 aliphatic rings. The molecule has 0 radical (unpaired) electrons. The van der Waals surface area contributed by atoms with Crippen LogP contribution in [0.15, 0.2) is 24.3 Å². The van der Waals surface area contributed by atoms with E-state index in [0.717, 1.165) is 30.9 Å². The summed E-state index contributed by atoms with van der Waals surface area (Å²) in [5, 5.41) is 4.52. The molecule has 3 atom stereocenters. The van der Waals surface area contributed by atoms with Gasteiger partial charge in [-0.15, -0.1) is 0 Å². The van der Waals surface area contributed by atoms with E-state index in [9.17, 15) is 0 Å². The highest BCUT2D eigenvalue weighted by molar-refractivity contribution is 6.30. The molecule has 1 N–H and O–H groups in total. The Morgan fingerprint density at radius 2 is 2.32 bits per heavy atom. The minimum atomic E-state index is 0.0317. The number of hydrogen-bond donors (Lipinski definition) is 1. The van der Waals surface area contributed by atoms with Gasteiger partial charge in [-0.05, 0) is 50.8 Å². The zero-order valence-corrected chi connectivity index (χ0v) is 12.8. The molecule has 0 bridgehead atoms. The van der Waals surface area contributed by atoms with Gasteiger partial charge >= 0.3 is 0 Å². The SMILES string of the molecule is CCC1(C)CC(N[C@H](C)c2cccc(Cl)c2)CCO1. The highest BCUT2D eigenvalue weighted by Crippen LogP contribution is 2.29. The third-order valence-electron chi connectivity index (χ3n) is 4.18. The summed E-state index contributed by atoms with van der Waals surface area (Å²) in [5.41, 5.74) is 1.28. The van der Waals surface area contributed by atoms with E-state index in [1.807, 2.05) is 18.2 Å². The summed E-state index contributed by atoms with van der Waals surface area (Å²) in [5.74, 6) is 0. The molecule has 1 saturated heterocycles. The highest BCUT2D eigenvalue weighted by Gasteiger charge is 2.32. The second kappa shape index (κ2) is 6.25. The minimum Gasteiger partial charge on any atom is -0.375 e. The topological polar surface area (TPSA) is 21.3 Å². The van der Waals surface area contributed by atoms with Crippen molar-refractivity contribution in [2.75, 3.05) is 6.61 Å². The molecule has 2 nitrogen and oxygen atoms in total. The average Bonchev–Trinajstić information content (AvgIpc) is 2.39. The Morgan fingerprint density at radius 3 is 3.00 bits per heavy atom. The molecule has 1 aromatic rings. The third-order valence-corrected chi connectivity index (χ3v) is 4.41. The maximum absolute atomic E-state index is 6.05. The van der Waals surface area contributed by atoms with Crippen LogP contribution in [0.3, 0.4) is 0 Å². The predicted molar refractivity (Wildman–Crippen MR) is 80.7 cm³/mol. The van der Waals surface area contributed by atoms with Crippen LogP contribution < -0.4 is 5.32 Å². The Hall–Kier alpha value is -0.570. The lowest BCUT2D eigenvalue weighted by molar-refractivity contribution is -0.0789. The molecule has 1 heterocycles. The van der Waals surface area contributed by atoms with Crippen molar-refractivity contribution in [3.05, 3.63) is 34.9 Å². The molecular formula is C16H24ClNO. The standard InChI is InChI=1S/C16H24ClNO/c1-4-16(3)11-15(8-9-19-16)18-12(2)13-6-5-7-14(17)10-13/h5-7,10,12,15,18H,4,8-9,11H2,1-3H3/t12-,15?,16?/m1/s1. The number of nitrogens with one attached hydrogen (secondary N) is 1. The lowest BCUT2D eigenvalue weighted by Crippen LogP contribution is -2.45. The maximum atomic E-state index is 6.05. The van der Waals surface area contributed by atoms with Crippen LogP contribution in [0, 0.1) is 0 Å². The number of benzene rings is 1. The quantitative estimate of drug-likeness (QED) is 0.886. The summed E-state index contributed by atoms with van der Waals surface area (Å²) in [6.45, 7) is 7.46. The van der Waals surface area contributed by atoms with Gasteiger partial charge in [0, 0.05) is 23.7 Å². The fraction of sp³-hybridized carbons (Fsp3) is 0.625. The van der Waals surface area contributed by atoms with E-state index in [-0.39, 0.29) is 5.60 Å². The van der Waals surface area contributed by atoms with Crippen LogP contribution in [0.4, 0.5) is 0 Å². The molecule has 3 heteroatoms. The Labute approximate surface area is 121 Å². The van der Waals surface area contributed by atoms with E-state index in [0.29, 0.717) is 12.1 Å². The fourth-order valence-electron chi connectivity index (χ4n) is 2.74. The van der Waals surface area contributed by atoms with Crippen molar-refractivity contribution < 1.29 is 4.74 Å². The van der Waals surface area contributed by atoms with Gasteiger partial charge < -0.3 is 10.1 Å². The van der Waals surface area contributed by atoms with Crippen LogP contribution in [0.25, 0.3) is 0 Å². The van der Waals surface area contributed by atoms with Gasteiger partial charge in [-0.1, -0.05) is 30.7 Å². The summed E-state index contributed by atoms with van der Waals surface area (Å²) >= 11 is 6.05. The zero-order chi connectivity index (χ0) is 13.9. The molecule has 0 saturated carbocycles. The predicted octanol–water partition coefficient (Wildman–Crippen LogP) is 4.34. The Balaban J connectivity index is 1.97. The lowest BCUT2D eigenvalue weighted by Gasteiger charge is -2.39. The lowest BCUT2D eigenvalue weighted by atomic mass is 9.89. The molecule has 106 valence electrons. The van der Waals surface area contributed by atoms with Crippen LogP contribution in [0.5, 0.6) is 0 Å². The molecule has 0 aromatic heterocycles. The van der Waals surface area contributed by atoms with E-state index in [4.69, 9.17) is 16.3 Å². The number of hydrogen-bond acceptors (Lipinski definition) is 2. The summed E-state index contributed by atoms with van der Waals surface area (Å²) in [4.78, 5) is 0. The summed E-state index contributed by atoms with van der Waals surface area (Å²) < 4.78 is 5.89. The molecule has 1 fully saturated rings. The monoisotopic (exact) mass is 281 g/mol. The van der Waals surface area contributed by atoms with Gasteiger partial charge in [-0.3, -0.25) is 0 Å². The molecule has 0 aliphatic carbocycles. The summed E-state index contributed by atoms with van der Waals surface area (Å²) in [6, 6.07) is 8.94. The van der Waals surface area contributed by atoms with Gasteiger partial charge in [0.1, 0.15) is 0 Å². The van der Waals surface area contributed by atoms with Crippen molar-refractivity contribution in [2.24, 2.45) is 0 Å². The molecule has 19 heavy (non-hydrogen) atoms. The van der Waals surface area contributed by atoms with Crippen LogP contribution in [0.2, 0.25) is 5.02 Å². The van der Waals surface area contributed by atoms with Crippen LogP contribution >= 0.6 is 11.6 Å². The van der Waals surface area contributed by atoms with Crippen molar-refractivity contribution >= 4 is 11.6 Å². The van der Waals surface area contributed by atoms with Crippen molar-refractivity contribution in [1.82, 2.24) is 5.32 Å². The first kappa shape index (κ1) is 14.8. The first-order chi connectivity index (χ1) is 9.02. The van der Waals surface area contributed by atoms with Gasteiger partial charge in [-0.25, -0.2) is 0 Å². The van der Waals surface area contributed by atoms with Crippen molar-refractivity contribution in [3.63, 3.8) is 0 Å². The third kappa shape index (κ3) is 3.95. The van der Waals surface area contributed by atoms with E-state index < -0.39 is 0 Å². The molecular weight excluding hydrogens is 258 g/mol. The van der Waals surface area contributed by atoms with Crippen molar-refractivity contribution in [1.29, 1.82) is 0 Å². The first-order valence-electron chi connectivity index (χ1n) is 7.18. The van der Waals surface area contributed by atoms with Crippen LogP contribution in [-0.2, 0) is 4.74 Å². The van der Waals surface area contributed by atoms with Gasteiger partial charge in [-0.2, -0.15) is 0 Å². The Kier molecular flexibility index (Phi) is 4.88. The molecule has 2 unspecified atom stereocenters. The van der Waals surface area contributed by atoms with Crippen LogP contribution in [0.1, 0.15) is 51.6 Å². The Bertz CT molecular complexity index is 423. The van der Waals surface area contributed by atoms with Crippen molar-refractivity contribution in [2.45, 2.75) is 57.7 Å². The van der Waals surface area contributed by atoms with Gasteiger partial charge in [0.25, 0.3) is 0 Å². The van der Waals surface area contributed by atoms with E-state index in [1.54, 1.807) is 0 Å². The molecule has 1 aromatic carbocycles. The van der Waals surface area contributed by atoms with Gasteiger partial charge in [0.2, 0.25) is 0 Å². The number of ether oxygens (including phenoxy) is 1. The summed E-state index contributed by atoms with van der Waals surface area (Å²) in [6.07, 6.45) is 3.23. The van der Waals surface area contributed by atoms with E-state index >= 15 is 0 Å². The second-order valence-corrected chi connectivity index (χ2v) is 6.22. The Morgan fingerprint density at radius 1 is 1.53 bits per heavy atom. The second-order valence-electron chi connectivity index (χ2n) is 5.79.